The van der Waals surface area contributed by atoms with Crippen LogP contribution in [0.3, 0.4) is 0 Å². The Morgan fingerprint density at radius 2 is 2.24 bits per heavy atom. The predicted octanol–water partition coefficient (Wildman–Crippen LogP) is 2.48. The molecule has 88 valence electrons. The van der Waals surface area contributed by atoms with E-state index in [1.54, 1.807) is 6.20 Å². The molecule has 0 bridgehead atoms. The van der Waals surface area contributed by atoms with Crippen LogP contribution in [0, 0.1) is 0 Å². The summed E-state index contributed by atoms with van der Waals surface area (Å²) in [4.78, 5) is 14.5. The van der Waals surface area contributed by atoms with Gasteiger partial charge in [-0.15, -0.1) is 0 Å². The summed E-state index contributed by atoms with van der Waals surface area (Å²) < 4.78 is 5.47. The maximum Gasteiger partial charge on any atom is 0.303 e. The Morgan fingerprint density at radius 1 is 1.35 bits per heavy atom. The first kappa shape index (κ1) is 11.4. The van der Waals surface area contributed by atoms with Gasteiger partial charge < -0.3 is 9.84 Å². The number of hydrogen-bond donors (Lipinski definition) is 1. The van der Waals surface area contributed by atoms with Crippen LogP contribution in [0.4, 0.5) is 0 Å². The van der Waals surface area contributed by atoms with Crippen molar-refractivity contribution in [1.82, 2.24) is 4.98 Å². The number of carbonyl (C=O) groups is 1. The summed E-state index contributed by atoms with van der Waals surface area (Å²) in [6.07, 6.45) is 2.39. The van der Waals surface area contributed by atoms with Gasteiger partial charge in [-0.05, 0) is 30.7 Å². The van der Waals surface area contributed by atoms with Gasteiger partial charge in [0.15, 0.2) is 0 Å². The van der Waals surface area contributed by atoms with Crippen molar-refractivity contribution in [2.45, 2.75) is 12.8 Å². The van der Waals surface area contributed by atoms with E-state index < -0.39 is 5.97 Å². The third-order valence-electron chi connectivity index (χ3n) is 2.38. The molecule has 17 heavy (non-hydrogen) atoms. The maximum absolute atomic E-state index is 10.3. The lowest BCUT2D eigenvalue weighted by Gasteiger charge is -2.05. The van der Waals surface area contributed by atoms with E-state index in [1.807, 2.05) is 30.3 Å². The molecule has 0 spiro atoms. The smallest absolute Gasteiger partial charge is 0.303 e. The Morgan fingerprint density at radius 3 is 3.06 bits per heavy atom. The molecule has 1 heterocycles. The van der Waals surface area contributed by atoms with Crippen LogP contribution in [0.25, 0.3) is 10.9 Å². The standard InChI is InChI=1S/C13H13NO3/c15-13(16)4-2-8-17-11-5-6-12-10(9-11)3-1-7-14-12/h1,3,5-7,9H,2,4,8H2,(H,15,16). The Balaban J connectivity index is 1.97. The van der Waals surface area contributed by atoms with Crippen LogP contribution in [-0.2, 0) is 4.79 Å². The zero-order valence-corrected chi connectivity index (χ0v) is 9.30. The lowest BCUT2D eigenvalue weighted by Crippen LogP contribution is -2.01. The molecule has 0 unspecified atom stereocenters. The highest BCUT2D eigenvalue weighted by Crippen LogP contribution is 2.18. The molecular weight excluding hydrogens is 218 g/mol. The van der Waals surface area contributed by atoms with Crippen LogP contribution in [0.15, 0.2) is 36.5 Å². The first-order valence-corrected chi connectivity index (χ1v) is 5.45. The number of fused-ring (bicyclic) bond motifs is 1. The molecule has 0 aliphatic rings. The fourth-order valence-electron chi connectivity index (χ4n) is 1.56. The van der Waals surface area contributed by atoms with Crippen molar-refractivity contribution in [3.63, 3.8) is 0 Å². The maximum atomic E-state index is 10.3. The van der Waals surface area contributed by atoms with Gasteiger partial charge in [0.2, 0.25) is 0 Å². The van der Waals surface area contributed by atoms with Crippen molar-refractivity contribution in [3.05, 3.63) is 36.5 Å². The molecule has 4 nitrogen and oxygen atoms in total. The number of nitrogens with zero attached hydrogens (tertiary/aromatic N) is 1. The van der Waals surface area contributed by atoms with Crippen LogP contribution in [0.1, 0.15) is 12.8 Å². The molecule has 0 amide bonds. The van der Waals surface area contributed by atoms with E-state index in [0.717, 1.165) is 16.7 Å². The zero-order chi connectivity index (χ0) is 12.1. The Hall–Kier alpha value is -2.10. The summed E-state index contributed by atoms with van der Waals surface area (Å²) in [6.45, 7) is 0.415. The highest BCUT2D eigenvalue weighted by molar-refractivity contribution is 5.79. The van der Waals surface area contributed by atoms with Gasteiger partial charge >= 0.3 is 5.97 Å². The average molecular weight is 231 g/mol. The third-order valence-corrected chi connectivity index (χ3v) is 2.38. The van der Waals surface area contributed by atoms with Crippen LogP contribution in [0.2, 0.25) is 0 Å². The predicted molar refractivity (Wildman–Crippen MR) is 64.1 cm³/mol. The number of rotatable bonds is 5. The number of benzene rings is 1. The van der Waals surface area contributed by atoms with Crippen molar-refractivity contribution < 1.29 is 14.6 Å². The minimum Gasteiger partial charge on any atom is -0.494 e. The van der Waals surface area contributed by atoms with E-state index in [0.29, 0.717) is 13.0 Å². The molecule has 1 aromatic heterocycles. The van der Waals surface area contributed by atoms with E-state index >= 15 is 0 Å². The second-order valence-electron chi connectivity index (χ2n) is 3.70. The van der Waals surface area contributed by atoms with Gasteiger partial charge in [-0.3, -0.25) is 9.78 Å². The Labute approximate surface area is 98.9 Å². The molecule has 0 saturated heterocycles. The number of carboxylic acid groups (broad SMARTS) is 1. The van der Waals surface area contributed by atoms with Gasteiger partial charge in [0.05, 0.1) is 12.1 Å². The van der Waals surface area contributed by atoms with Gasteiger partial charge in [0.25, 0.3) is 0 Å². The zero-order valence-electron chi connectivity index (χ0n) is 9.30. The molecule has 0 fully saturated rings. The van der Waals surface area contributed by atoms with E-state index in [9.17, 15) is 4.79 Å². The minimum atomic E-state index is -0.795. The summed E-state index contributed by atoms with van der Waals surface area (Å²) in [5.41, 5.74) is 0.922. The van der Waals surface area contributed by atoms with Gasteiger partial charge in [-0.2, -0.15) is 0 Å². The first-order chi connectivity index (χ1) is 8.25. The van der Waals surface area contributed by atoms with E-state index in [4.69, 9.17) is 9.84 Å². The van der Waals surface area contributed by atoms with Crippen LogP contribution in [-0.4, -0.2) is 22.7 Å². The molecule has 4 heteroatoms. The van der Waals surface area contributed by atoms with E-state index in [-0.39, 0.29) is 6.42 Å². The molecule has 1 N–H and O–H groups in total. The summed E-state index contributed by atoms with van der Waals surface area (Å²) in [5.74, 6) is -0.0489. The fraction of sp³-hybridized carbons (Fsp3) is 0.231. The minimum absolute atomic E-state index is 0.134. The summed E-state index contributed by atoms with van der Waals surface area (Å²) >= 11 is 0. The van der Waals surface area contributed by atoms with Crippen LogP contribution >= 0.6 is 0 Å². The summed E-state index contributed by atoms with van der Waals surface area (Å²) in [5, 5.41) is 9.51. The highest BCUT2D eigenvalue weighted by atomic mass is 16.5. The molecule has 2 aromatic rings. The normalized spacial score (nSPS) is 10.4. The topological polar surface area (TPSA) is 59.4 Å². The second-order valence-corrected chi connectivity index (χ2v) is 3.70. The molecule has 0 radical (unpaired) electrons. The van der Waals surface area contributed by atoms with E-state index in [1.165, 1.54) is 0 Å². The number of pyridine rings is 1. The monoisotopic (exact) mass is 231 g/mol. The number of hydrogen-bond acceptors (Lipinski definition) is 3. The lowest BCUT2D eigenvalue weighted by atomic mass is 10.2. The molecule has 2 rings (SSSR count). The molecule has 0 atom stereocenters. The molecular formula is C13H13NO3. The van der Waals surface area contributed by atoms with Gasteiger partial charge in [-0.1, -0.05) is 6.07 Å². The van der Waals surface area contributed by atoms with Crippen molar-refractivity contribution in [3.8, 4) is 5.75 Å². The molecule has 0 aliphatic heterocycles. The molecule has 0 saturated carbocycles. The molecule has 0 aliphatic carbocycles. The Bertz CT molecular complexity index is 525. The summed E-state index contributed by atoms with van der Waals surface area (Å²) in [7, 11) is 0. The van der Waals surface area contributed by atoms with Crippen LogP contribution < -0.4 is 4.74 Å². The summed E-state index contributed by atoms with van der Waals surface area (Å²) in [6, 6.07) is 9.48. The van der Waals surface area contributed by atoms with Crippen molar-refractivity contribution in [2.75, 3.05) is 6.61 Å². The lowest BCUT2D eigenvalue weighted by molar-refractivity contribution is -0.137. The Kier molecular flexibility index (Phi) is 3.55. The first-order valence-electron chi connectivity index (χ1n) is 5.45. The number of aliphatic carboxylic acids is 1. The fourth-order valence-corrected chi connectivity index (χ4v) is 1.56. The number of aromatic nitrogens is 1. The quantitative estimate of drug-likeness (QED) is 0.803. The van der Waals surface area contributed by atoms with Gasteiger partial charge in [0.1, 0.15) is 5.75 Å². The third kappa shape index (κ3) is 3.17. The average Bonchev–Trinajstić information content (AvgIpc) is 2.34. The second kappa shape index (κ2) is 5.30. The number of ether oxygens (including phenoxy) is 1. The highest BCUT2D eigenvalue weighted by Gasteiger charge is 1.99. The van der Waals surface area contributed by atoms with E-state index in [2.05, 4.69) is 4.98 Å². The van der Waals surface area contributed by atoms with Gasteiger partial charge in [-0.25, -0.2) is 0 Å². The van der Waals surface area contributed by atoms with Crippen molar-refractivity contribution in [1.29, 1.82) is 0 Å². The van der Waals surface area contributed by atoms with Crippen molar-refractivity contribution >= 4 is 16.9 Å². The van der Waals surface area contributed by atoms with Gasteiger partial charge in [0, 0.05) is 18.0 Å². The van der Waals surface area contributed by atoms with Crippen molar-refractivity contribution in [2.24, 2.45) is 0 Å². The molecule has 1 aromatic carbocycles. The van der Waals surface area contributed by atoms with Crippen LogP contribution in [0.5, 0.6) is 5.75 Å². The number of carboxylic acids is 1. The SMILES string of the molecule is O=C(O)CCCOc1ccc2ncccc2c1. The largest absolute Gasteiger partial charge is 0.494 e.